The molecular formula is C27H29N5O4S. The number of ether oxygens (including phenoxy) is 1. The third-order valence-electron chi connectivity index (χ3n) is 5.98. The van der Waals surface area contributed by atoms with Gasteiger partial charge in [-0.25, -0.2) is 13.4 Å². The molecule has 4 rings (SSSR count). The fraction of sp³-hybridized carbons (Fsp3) is 0.222. The molecule has 0 unspecified atom stereocenters. The van der Waals surface area contributed by atoms with E-state index in [1.165, 1.54) is 25.3 Å². The predicted octanol–water partition coefficient (Wildman–Crippen LogP) is 4.36. The second kappa shape index (κ2) is 11.3. The van der Waals surface area contributed by atoms with E-state index in [0.717, 1.165) is 29.7 Å². The van der Waals surface area contributed by atoms with Gasteiger partial charge in [0.05, 0.1) is 17.7 Å². The Kier molecular flexibility index (Phi) is 7.88. The van der Waals surface area contributed by atoms with Crippen molar-refractivity contribution in [2.45, 2.75) is 24.7 Å². The Bertz CT molecular complexity index is 1470. The molecule has 192 valence electrons. The quantitative estimate of drug-likeness (QED) is 0.433. The number of pyridine rings is 1. The van der Waals surface area contributed by atoms with E-state index in [0.29, 0.717) is 24.3 Å². The van der Waals surface area contributed by atoms with Gasteiger partial charge in [0.25, 0.3) is 15.9 Å². The van der Waals surface area contributed by atoms with Crippen molar-refractivity contribution in [1.82, 2.24) is 15.6 Å². The van der Waals surface area contributed by atoms with Gasteiger partial charge in [0, 0.05) is 41.7 Å². The molecule has 3 aromatic rings. The first kappa shape index (κ1) is 25.9. The smallest absolute Gasteiger partial charge is 0.262 e. The Morgan fingerprint density at radius 2 is 1.81 bits per heavy atom. The number of anilines is 1. The van der Waals surface area contributed by atoms with Crippen LogP contribution in [-0.4, -0.2) is 46.2 Å². The van der Waals surface area contributed by atoms with E-state index < -0.39 is 10.0 Å². The van der Waals surface area contributed by atoms with Crippen LogP contribution in [0, 0.1) is 0 Å². The molecule has 0 aliphatic carbocycles. The number of rotatable bonds is 2. The summed E-state index contributed by atoms with van der Waals surface area (Å²) in [6, 6.07) is 13.3. The molecule has 37 heavy (non-hydrogen) atoms. The summed E-state index contributed by atoms with van der Waals surface area (Å²) in [5, 5.41) is 6.31. The first-order valence-corrected chi connectivity index (χ1v) is 13.3. The summed E-state index contributed by atoms with van der Waals surface area (Å²) in [7, 11) is -2.63. The van der Waals surface area contributed by atoms with Crippen LogP contribution in [0.5, 0.6) is 5.88 Å². The maximum Gasteiger partial charge on any atom is 0.262 e. The number of nitrogens with one attached hydrogen (secondary N) is 3. The predicted molar refractivity (Wildman–Crippen MR) is 146 cm³/mol. The van der Waals surface area contributed by atoms with Crippen LogP contribution in [0.3, 0.4) is 0 Å². The molecule has 0 spiro atoms. The zero-order chi connectivity index (χ0) is 26.4. The topological polar surface area (TPSA) is 122 Å². The number of hydrogen-bond acceptors (Lipinski definition) is 7. The SMILES string of the molecule is C=Nc1ccc2cc1/C(=C\C)NCCCCNC(=O)c1cccc(c1)S(=O)(=O)Nc1cc-2cnc1OC. The second-order valence-electron chi connectivity index (χ2n) is 8.40. The van der Waals surface area contributed by atoms with Crippen LogP contribution in [-0.2, 0) is 10.0 Å². The zero-order valence-electron chi connectivity index (χ0n) is 20.7. The number of fused-ring (bicyclic) bond motifs is 7. The normalized spacial score (nSPS) is 16.7. The van der Waals surface area contributed by atoms with Gasteiger partial charge in [-0.1, -0.05) is 18.2 Å². The van der Waals surface area contributed by atoms with Crippen LogP contribution in [0.15, 0.2) is 70.7 Å². The van der Waals surface area contributed by atoms with Crippen molar-refractivity contribution in [3.8, 4) is 17.0 Å². The lowest BCUT2D eigenvalue weighted by atomic mass is 10.0. The van der Waals surface area contributed by atoms with E-state index in [4.69, 9.17) is 4.74 Å². The summed E-state index contributed by atoms with van der Waals surface area (Å²) in [5.74, 6) is -0.219. The fourth-order valence-electron chi connectivity index (χ4n) is 4.05. The summed E-state index contributed by atoms with van der Waals surface area (Å²) in [5.41, 5.74) is 4.38. The van der Waals surface area contributed by atoms with Gasteiger partial charge < -0.3 is 15.4 Å². The average molecular weight is 520 g/mol. The van der Waals surface area contributed by atoms with Gasteiger partial charge in [0.15, 0.2) is 0 Å². The molecule has 0 saturated carbocycles. The maximum atomic E-state index is 13.3. The van der Waals surface area contributed by atoms with Crippen molar-refractivity contribution in [1.29, 1.82) is 0 Å². The van der Waals surface area contributed by atoms with Gasteiger partial charge in [-0.3, -0.25) is 14.5 Å². The molecule has 0 atom stereocenters. The number of hydrogen-bond donors (Lipinski definition) is 3. The number of allylic oxidation sites excluding steroid dienone is 1. The summed E-state index contributed by atoms with van der Waals surface area (Å²) < 4.78 is 34.4. The van der Waals surface area contributed by atoms with Gasteiger partial charge in [0.2, 0.25) is 5.88 Å². The number of nitrogens with zero attached hydrogens (tertiary/aromatic N) is 2. The van der Waals surface area contributed by atoms with Crippen LogP contribution in [0.25, 0.3) is 16.8 Å². The molecule has 10 heteroatoms. The molecule has 2 aromatic carbocycles. The zero-order valence-corrected chi connectivity index (χ0v) is 21.6. The molecule has 9 nitrogen and oxygen atoms in total. The van der Waals surface area contributed by atoms with Crippen molar-refractivity contribution < 1.29 is 17.9 Å². The number of carbonyl (C=O) groups excluding carboxylic acids is 1. The molecule has 1 amide bonds. The first-order valence-electron chi connectivity index (χ1n) is 11.8. The Balaban J connectivity index is 1.84. The number of amides is 1. The monoisotopic (exact) mass is 519 g/mol. The van der Waals surface area contributed by atoms with Crippen molar-refractivity contribution in [2.24, 2.45) is 4.99 Å². The summed E-state index contributed by atoms with van der Waals surface area (Å²) in [6.07, 6.45) is 5.15. The molecule has 0 saturated heterocycles. The third-order valence-corrected chi connectivity index (χ3v) is 7.34. The minimum Gasteiger partial charge on any atom is -0.480 e. The van der Waals surface area contributed by atoms with E-state index in [9.17, 15) is 13.2 Å². The highest BCUT2D eigenvalue weighted by Gasteiger charge is 2.20. The standard InChI is InChI=1S/C27H29N5O4S/c1-4-23-22-15-18(10-11-24(22)28-2)20-16-25(27(36-3)31-17-20)32-37(34,35)21-9-7-8-19(14-21)26(33)30-13-6-5-12-29-23/h4,7-11,14-17,29,32H,2,5-6,12-13H2,1,3H3,(H,30,33)/b23-4+. The van der Waals surface area contributed by atoms with Crippen molar-refractivity contribution in [2.75, 3.05) is 24.9 Å². The van der Waals surface area contributed by atoms with Crippen LogP contribution < -0.4 is 20.1 Å². The lowest BCUT2D eigenvalue weighted by Crippen LogP contribution is -2.25. The van der Waals surface area contributed by atoms with Gasteiger partial charge in [-0.15, -0.1) is 0 Å². The highest BCUT2D eigenvalue weighted by Crippen LogP contribution is 2.34. The number of aliphatic imine (C=N–C) groups is 1. The van der Waals surface area contributed by atoms with Gasteiger partial charge in [0.1, 0.15) is 5.69 Å². The van der Waals surface area contributed by atoms with Crippen LogP contribution in [0.2, 0.25) is 0 Å². The minimum atomic E-state index is -4.04. The number of methoxy groups -OCH3 is 1. The maximum absolute atomic E-state index is 13.3. The Morgan fingerprint density at radius 1 is 1.03 bits per heavy atom. The minimum absolute atomic E-state index is 0.0452. The lowest BCUT2D eigenvalue weighted by Gasteiger charge is -2.16. The molecule has 1 aromatic heterocycles. The molecule has 0 radical (unpaired) electrons. The summed E-state index contributed by atoms with van der Waals surface area (Å²) in [6.45, 7) is 6.80. The highest BCUT2D eigenvalue weighted by atomic mass is 32.2. The summed E-state index contributed by atoms with van der Waals surface area (Å²) in [4.78, 5) is 21.1. The Labute approximate surface area is 216 Å². The highest BCUT2D eigenvalue weighted by molar-refractivity contribution is 7.92. The second-order valence-corrected chi connectivity index (χ2v) is 10.1. The Hall–Kier alpha value is -4.18. The van der Waals surface area contributed by atoms with Crippen LogP contribution in [0.4, 0.5) is 11.4 Å². The number of aromatic nitrogens is 1. The molecule has 1 aliphatic heterocycles. The number of sulfonamides is 1. The van der Waals surface area contributed by atoms with Gasteiger partial charge in [-0.2, -0.15) is 0 Å². The summed E-state index contributed by atoms with van der Waals surface area (Å²) >= 11 is 0. The molecular weight excluding hydrogens is 490 g/mol. The van der Waals surface area contributed by atoms with Crippen molar-refractivity contribution in [3.05, 3.63) is 71.9 Å². The lowest BCUT2D eigenvalue weighted by molar-refractivity contribution is 0.0953. The molecule has 1 aliphatic rings. The average Bonchev–Trinajstić information content (AvgIpc) is 2.91. The first-order chi connectivity index (χ1) is 17.9. The van der Waals surface area contributed by atoms with E-state index in [2.05, 4.69) is 32.0 Å². The van der Waals surface area contributed by atoms with Gasteiger partial charge >= 0.3 is 0 Å². The number of benzene rings is 2. The van der Waals surface area contributed by atoms with Crippen molar-refractivity contribution in [3.63, 3.8) is 0 Å². The van der Waals surface area contributed by atoms with Crippen molar-refractivity contribution >= 4 is 39.7 Å². The van der Waals surface area contributed by atoms with Gasteiger partial charge in [-0.05, 0) is 68.4 Å². The Morgan fingerprint density at radius 3 is 2.54 bits per heavy atom. The van der Waals surface area contributed by atoms with Crippen LogP contribution in [0.1, 0.15) is 35.7 Å². The number of carbonyl (C=O) groups is 1. The largest absolute Gasteiger partial charge is 0.480 e. The van der Waals surface area contributed by atoms with E-state index >= 15 is 0 Å². The van der Waals surface area contributed by atoms with E-state index in [1.807, 2.05) is 31.2 Å². The van der Waals surface area contributed by atoms with E-state index in [-0.39, 0.29) is 27.9 Å². The molecule has 0 fully saturated rings. The third kappa shape index (κ3) is 5.80. The molecule has 3 N–H and O–H groups in total. The molecule has 6 bridgehead atoms. The van der Waals surface area contributed by atoms with Crippen LogP contribution >= 0.6 is 0 Å². The molecule has 2 heterocycles. The fourth-order valence-corrected chi connectivity index (χ4v) is 5.15. The van der Waals surface area contributed by atoms with E-state index in [1.54, 1.807) is 18.3 Å².